The Hall–Kier alpha value is -0.580. The van der Waals surface area contributed by atoms with E-state index in [0.29, 0.717) is 24.1 Å². The van der Waals surface area contributed by atoms with E-state index in [-0.39, 0.29) is 5.28 Å². The van der Waals surface area contributed by atoms with Crippen LogP contribution in [0.3, 0.4) is 0 Å². The van der Waals surface area contributed by atoms with Gasteiger partial charge in [0, 0.05) is 13.1 Å². The molecule has 1 aliphatic rings. The summed E-state index contributed by atoms with van der Waals surface area (Å²) in [5.74, 6) is 0.690. The van der Waals surface area contributed by atoms with Crippen molar-refractivity contribution < 1.29 is 4.74 Å². The second-order valence-corrected chi connectivity index (χ2v) is 3.66. The van der Waals surface area contributed by atoms with Crippen molar-refractivity contribution in [3.05, 3.63) is 16.5 Å². The first kappa shape index (κ1) is 9.96. The van der Waals surface area contributed by atoms with Gasteiger partial charge in [-0.2, -0.15) is 4.98 Å². The molecule has 0 unspecified atom stereocenters. The fourth-order valence-corrected chi connectivity index (χ4v) is 1.67. The van der Waals surface area contributed by atoms with Gasteiger partial charge < -0.3 is 9.64 Å². The number of ether oxygens (including phenoxy) is 1. The van der Waals surface area contributed by atoms with E-state index in [0.717, 1.165) is 13.1 Å². The zero-order valence-corrected chi connectivity index (χ0v) is 8.92. The predicted molar refractivity (Wildman–Crippen MR) is 55.1 cm³/mol. The van der Waals surface area contributed by atoms with E-state index in [1.54, 1.807) is 0 Å². The van der Waals surface area contributed by atoms with Crippen LogP contribution in [0.15, 0.2) is 6.20 Å². The van der Waals surface area contributed by atoms with Crippen LogP contribution < -0.4 is 4.90 Å². The van der Waals surface area contributed by atoms with E-state index < -0.39 is 0 Å². The van der Waals surface area contributed by atoms with Gasteiger partial charge >= 0.3 is 0 Å². The lowest BCUT2D eigenvalue weighted by atomic mass is 10.4. The maximum atomic E-state index is 5.96. The highest BCUT2D eigenvalue weighted by Crippen LogP contribution is 2.24. The van der Waals surface area contributed by atoms with Gasteiger partial charge in [0.05, 0.1) is 19.4 Å². The molecule has 0 amide bonds. The third-order valence-electron chi connectivity index (χ3n) is 2.01. The monoisotopic (exact) mass is 233 g/mol. The topological polar surface area (TPSA) is 38.2 Å². The molecule has 0 saturated carbocycles. The highest BCUT2D eigenvalue weighted by molar-refractivity contribution is 6.33. The molecular weight excluding hydrogens is 225 g/mol. The number of nitrogens with zero attached hydrogens (tertiary/aromatic N) is 3. The molecule has 76 valence electrons. The number of halogens is 2. The van der Waals surface area contributed by atoms with Crippen LogP contribution in [0.4, 0.5) is 5.82 Å². The van der Waals surface area contributed by atoms with Gasteiger partial charge in [0.2, 0.25) is 5.28 Å². The molecule has 0 radical (unpaired) electrons. The molecule has 0 atom stereocenters. The molecule has 2 heterocycles. The van der Waals surface area contributed by atoms with Crippen molar-refractivity contribution in [2.24, 2.45) is 0 Å². The minimum Gasteiger partial charge on any atom is -0.378 e. The van der Waals surface area contributed by atoms with Gasteiger partial charge in [-0.1, -0.05) is 11.6 Å². The van der Waals surface area contributed by atoms with E-state index in [4.69, 9.17) is 27.9 Å². The van der Waals surface area contributed by atoms with Crippen LogP contribution in [-0.4, -0.2) is 36.3 Å². The molecule has 1 aliphatic heterocycles. The normalized spacial score (nSPS) is 17.1. The fourth-order valence-electron chi connectivity index (χ4n) is 1.33. The Kier molecular flexibility index (Phi) is 3.05. The number of anilines is 1. The maximum Gasteiger partial charge on any atom is 0.224 e. The average molecular weight is 234 g/mol. The Morgan fingerprint density at radius 1 is 1.29 bits per heavy atom. The van der Waals surface area contributed by atoms with Crippen LogP contribution in [0.5, 0.6) is 0 Å². The molecule has 1 aromatic rings. The van der Waals surface area contributed by atoms with Gasteiger partial charge in [-0.05, 0) is 11.6 Å². The highest BCUT2D eigenvalue weighted by Gasteiger charge is 2.16. The molecule has 0 spiro atoms. The Morgan fingerprint density at radius 3 is 2.71 bits per heavy atom. The second kappa shape index (κ2) is 4.29. The summed E-state index contributed by atoms with van der Waals surface area (Å²) >= 11 is 11.7. The third kappa shape index (κ3) is 2.08. The van der Waals surface area contributed by atoms with Gasteiger partial charge in [-0.15, -0.1) is 0 Å². The van der Waals surface area contributed by atoms with Crippen molar-refractivity contribution in [3.63, 3.8) is 0 Å². The zero-order chi connectivity index (χ0) is 9.97. The molecule has 1 aromatic heterocycles. The summed E-state index contributed by atoms with van der Waals surface area (Å²) in [5.41, 5.74) is 0. The predicted octanol–water partition coefficient (Wildman–Crippen LogP) is 1.62. The van der Waals surface area contributed by atoms with Crippen molar-refractivity contribution in [2.75, 3.05) is 31.2 Å². The van der Waals surface area contributed by atoms with E-state index in [9.17, 15) is 0 Å². The molecule has 0 bridgehead atoms. The molecule has 1 fully saturated rings. The van der Waals surface area contributed by atoms with Crippen LogP contribution in [-0.2, 0) is 4.74 Å². The van der Waals surface area contributed by atoms with Gasteiger partial charge in [0.1, 0.15) is 5.02 Å². The summed E-state index contributed by atoms with van der Waals surface area (Å²) in [6, 6.07) is 0. The summed E-state index contributed by atoms with van der Waals surface area (Å²) < 4.78 is 5.23. The van der Waals surface area contributed by atoms with Crippen LogP contribution >= 0.6 is 23.2 Å². The SMILES string of the molecule is Clc1ncc(Cl)c(N2CCOCC2)n1. The van der Waals surface area contributed by atoms with Crippen molar-refractivity contribution in [1.82, 2.24) is 9.97 Å². The van der Waals surface area contributed by atoms with Crippen molar-refractivity contribution >= 4 is 29.0 Å². The number of hydrogen-bond acceptors (Lipinski definition) is 4. The van der Waals surface area contributed by atoms with Crippen LogP contribution in [0.2, 0.25) is 10.3 Å². The van der Waals surface area contributed by atoms with Crippen LogP contribution in [0.25, 0.3) is 0 Å². The molecule has 14 heavy (non-hydrogen) atoms. The molecule has 1 saturated heterocycles. The van der Waals surface area contributed by atoms with Crippen LogP contribution in [0, 0.1) is 0 Å². The molecule has 2 rings (SSSR count). The van der Waals surface area contributed by atoms with E-state index in [1.165, 1.54) is 6.20 Å². The van der Waals surface area contributed by atoms with Crippen LogP contribution in [0.1, 0.15) is 0 Å². The Balaban J connectivity index is 2.24. The summed E-state index contributed by atoms with van der Waals surface area (Å²) in [4.78, 5) is 9.93. The first-order chi connectivity index (χ1) is 6.77. The quantitative estimate of drug-likeness (QED) is 0.692. The molecule has 4 nitrogen and oxygen atoms in total. The second-order valence-electron chi connectivity index (χ2n) is 2.91. The summed E-state index contributed by atoms with van der Waals surface area (Å²) in [5, 5.41) is 0.743. The Bertz CT molecular complexity index is 328. The molecule has 0 aliphatic carbocycles. The highest BCUT2D eigenvalue weighted by atomic mass is 35.5. The summed E-state index contributed by atoms with van der Waals surface area (Å²) in [6.07, 6.45) is 1.52. The van der Waals surface area contributed by atoms with Crippen molar-refractivity contribution in [3.8, 4) is 0 Å². The van der Waals surface area contributed by atoms with Crippen molar-refractivity contribution in [1.29, 1.82) is 0 Å². The first-order valence-electron chi connectivity index (χ1n) is 4.28. The smallest absolute Gasteiger partial charge is 0.224 e. The van der Waals surface area contributed by atoms with E-state index in [2.05, 4.69) is 9.97 Å². The largest absolute Gasteiger partial charge is 0.378 e. The van der Waals surface area contributed by atoms with Gasteiger partial charge in [-0.3, -0.25) is 0 Å². The van der Waals surface area contributed by atoms with E-state index in [1.807, 2.05) is 4.90 Å². The lowest BCUT2D eigenvalue weighted by Crippen LogP contribution is -2.37. The van der Waals surface area contributed by atoms with E-state index >= 15 is 0 Å². The molecule has 0 aromatic carbocycles. The Labute approximate surface area is 91.8 Å². The maximum absolute atomic E-state index is 5.96. The van der Waals surface area contributed by atoms with Gasteiger partial charge in [0.25, 0.3) is 0 Å². The number of rotatable bonds is 1. The standard InChI is InChI=1S/C8H9Cl2N3O/c9-6-5-11-8(10)12-7(6)13-1-3-14-4-2-13/h5H,1-4H2. The number of hydrogen-bond donors (Lipinski definition) is 0. The fraction of sp³-hybridized carbons (Fsp3) is 0.500. The van der Waals surface area contributed by atoms with Gasteiger partial charge in [-0.25, -0.2) is 4.98 Å². The van der Waals surface area contributed by atoms with Crippen molar-refractivity contribution in [2.45, 2.75) is 0 Å². The minimum atomic E-state index is 0.218. The molecule has 6 heteroatoms. The summed E-state index contributed by atoms with van der Waals surface area (Å²) in [6.45, 7) is 2.95. The van der Waals surface area contributed by atoms with Gasteiger partial charge in [0.15, 0.2) is 5.82 Å². The lowest BCUT2D eigenvalue weighted by Gasteiger charge is -2.28. The lowest BCUT2D eigenvalue weighted by molar-refractivity contribution is 0.122. The number of morpholine rings is 1. The first-order valence-corrected chi connectivity index (χ1v) is 5.04. The number of aromatic nitrogens is 2. The summed E-state index contributed by atoms with van der Waals surface area (Å²) in [7, 11) is 0. The molecule has 0 N–H and O–H groups in total. The Morgan fingerprint density at radius 2 is 2.00 bits per heavy atom. The zero-order valence-electron chi connectivity index (χ0n) is 7.41. The molecular formula is C8H9Cl2N3O. The minimum absolute atomic E-state index is 0.218. The third-order valence-corrected chi connectivity index (χ3v) is 2.46. The average Bonchev–Trinajstić information content (AvgIpc) is 2.23.